The van der Waals surface area contributed by atoms with Gasteiger partial charge in [0.1, 0.15) is 0 Å². The van der Waals surface area contributed by atoms with Crippen molar-refractivity contribution in [2.75, 3.05) is 33.8 Å². The molecule has 2 aliphatic rings. The molecular weight excluding hydrogens is 292 g/mol. The van der Waals surface area contributed by atoms with Gasteiger partial charge in [-0.05, 0) is 45.2 Å². The van der Waals surface area contributed by atoms with Gasteiger partial charge < -0.3 is 9.64 Å². The van der Waals surface area contributed by atoms with Crippen molar-refractivity contribution < 1.29 is 17.9 Å². The molecule has 0 aromatic heterocycles. The molecule has 1 aliphatic heterocycles. The van der Waals surface area contributed by atoms with Crippen LogP contribution in [-0.2, 0) is 19.6 Å². The number of esters is 1. The van der Waals surface area contributed by atoms with Gasteiger partial charge in [0, 0.05) is 13.1 Å². The van der Waals surface area contributed by atoms with Crippen molar-refractivity contribution in [3.05, 3.63) is 0 Å². The highest BCUT2D eigenvalue weighted by atomic mass is 32.2. The molecule has 0 bridgehead atoms. The van der Waals surface area contributed by atoms with Crippen LogP contribution < -0.4 is 4.72 Å². The Morgan fingerprint density at radius 3 is 2.71 bits per heavy atom. The van der Waals surface area contributed by atoms with Crippen molar-refractivity contribution in [1.82, 2.24) is 9.62 Å². The Labute approximate surface area is 127 Å². The Morgan fingerprint density at radius 2 is 2.05 bits per heavy atom. The maximum atomic E-state index is 12.5. The fourth-order valence-electron chi connectivity index (χ4n) is 3.50. The van der Waals surface area contributed by atoms with Gasteiger partial charge in [0.05, 0.1) is 18.3 Å². The number of methoxy groups -OCH3 is 1. The van der Waals surface area contributed by atoms with Gasteiger partial charge >= 0.3 is 5.97 Å². The lowest BCUT2D eigenvalue weighted by Crippen LogP contribution is -2.44. The molecule has 7 heteroatoms. The molecule has 1 heterocycles. The van der Waals surface area contributed by atoms with Crippen molar-refractivity contribution in [3.63, 3.8) is 0 Å². The van der Waals surface area contributed by atoms with Crippen molar-refractivity contribution in [1.29, 1.82) is 0 Å². The molecule has 0 aromatic carbocycles. The number of piperidine rings is 1. The Hall–Kier alpha value is -0.660. The summed E-state index contributed by atoms with van der Waals surface area (Å²) in [5.74, 6) is -0.557. The second-order valence-corrected chi connectivity index (χ2v) is 8.25. The van der Waals surface area contributed by atoms with E-state index in [0.29, 0.717) is 25.3 Å². The number of hydrogen-bond acceptors (Lipinski definition) is 5. The minimum Gasteiger partial charge on any atom is -0.469 e. The zero-order valence-electron chi connectivity index (χ0n) is 12.9. The minimum atomic E-state index is -3.45. The molecule has 122 valence electrons. The first-order valence-corrected chi connectivity index (χ1v) is 9.23. The molecule has 21 heavy (non-hydrogen) atoms. The summed E-state index contributed by atoms with van der Waals surface area (Å²) in [4.78, 5) is 13.9. The first-order chi connectivity index (χ1) is 9.94. The fourth-order valence-corrected chi connectivity index (χ4v) is 5.34. The highest BCUT2D eigenvalue weighted by Crippen LogP contribution is 2.31. The first kappa shape index (κ1) is 16.7. The van der Waals surface area contributed by atoms with Crippen LogP contribution in [0.25, 0.3) is 0 Å². The molecule has 1 N–H and O–H groups in total. The average Bonchev–Trinajstić information content (AvgIpc) is 2.95. The standard InChI is InChI=1S/C14H26N2O4S/c1-16-8-4-5-11(10-16)9-15-21(18,19)13-7-3-6-12(13)14(17)20-2/h11-13,15H,3-10H2,1-2H3. The van der Waals surface area contributed by atoms with E-state index in [9.17, 15) is 13.2 Å². The van der Waals surface area contributed by atoms with Crippen molar-refractivity contribution in [2.45, 2.75) is 37.4 Å². The van der Waals surface area contributed by atoms with Gasteiger partial charge in [-0.25, -0.2) is 13.1 Å². The molecule has 0 spiro atoms. The van der Waals surface area contributed by atoms with Crippen LogP contribution in [0.3, 0.4) is 0 Å². The van der Waals surface area contributed by atoms with Crippen molar-refractivity contribution in [2.24, 2.45) is 11.8 Å². The van der Waals surface area contributed by atoms with E-state index in [0.717, 1.165) is 32.4 Å². The summed E-state index contributed by atoms with van der Waals surface area (Å²) in [7, 11) is -0.0750. The molecule has 1 aliphatic carbocycles. The predicted molar refractivity (Wildman–Crippen MR) is 80.3 cm³/mol. The summed E-state index contributed by atoms with van der Waals surface area (Å²) in [6, 6.07) is 0. The number of rotatable bonds is 5. The van der Waals surface area contributed by atoms with E-state index in [4.69, 9.17) is 4.74 Å². The van der Waals surface area contributed by atoms with Crippen LogP contribution in [0.2, 0.25) is 0 Å². The number of hydrogen-bond donors (Lipinski definition) is 1. The maximum absolute atomic E-state index is 12.5. The SMILES string of the molecule is COC(=O)C1CCCC1S(=O)(=O)NCC1CCCN(C)C1. The molecule has 0 aromatic rings. The summed E-state index contributed by atoms with van der Waals surface area (Å²) >= 11 is 0. The molecule has 2 rings (SSSR count). The molecule has 3 atom stereocenters. The van der Waals surface area contributed by atoms with Crippen LogP contribution in [0.15, 0.2) is 0 Å². The van der Waals surface area contributed by atoms with Gasteiger partial charge in [0.25, 0.3) is 0 Å². The van der Waals surface area contributed by atoms with E-state index < -0.39 is 27.2 Å². The number of ether oxygens (including phenoxy) is 1. The Kier molecular flexibility index (Phi) is 5.62. The summed E-state index contributed by atoms with van der Waals surface area (Å²) in [5, 5.41) is -0.633. The first-order valence-electron chi connectivity index (χ1n) is 7.69. The molecule has 2 fully saturated rings. The van der Waals surface area contributed by atoms with E-state index in [2.05, 4.69) is 16.7 Å². The van der Waals surface area contributed by atoms with Crippen molar-refractivity contribution >= 4 is 16.0 Å². The van der Waals surface area contributed by atoms with Gasteiger partial charge in [-0.1, -0.05) is 6.42 Å². The Balaban J connectivity index is 1.93. The van der Waals surface area contributed by atoms with Gasteiger partial charge in [-0.15, -0.1) is 0 Å². The van der Waals surface area contributed by atoms with E-state index in [1.807, 2.05) is 0 Å². The third-order valence-electron chi connectivity index (χ3n) is 4.65. The normalized spacial score (nSPS) is 31.2. The van der Waals surface area contributed by atoms with Crippen LogP contribution in [0, 0.1) is 11.8 Å². The van der Waals surface area contributed by atoms with Crippen LogP contribution >= 0.6 is 0 Å². The van der Waals surface area contributed by atoms with Crippen LogP contribution in [0.4, 0.5) is 0 Å². The monoisotopic (exact) mass is 318 g/mol. The van der Waals surface area contributed by atoms with E-state index in [1.165, 1.54) is 7.11 Å². The second kappa shape index (κ2) is 7.07. The largest absolute Gasteiger partial charge is 0.469 e. The third kappa shape index (κ3) is 4.17. The van der Waals surface area contributed by atoms with Gasteiger partial charge in [-0.2, -0.15) is 0 Å². The lowest BCUT2D eigenvalue weighted by atomic mass is 9.99. The highest BCUT2D eigenvalue weighted by Gasteiger charge is 2.42. The summed E-state index contributed by atoms with van der Waals surface area (Å²) in [6.45, 7) is 2.47. The number of sulfonamides is 1. The summed E-state index contributed by atoms with van der Waals surface area (Å²) in [5.41, 5.74) is 0. The predicted octanol–water partition coefficient (Wildman–Crippen LogP) is 0.589. The van der Waals surface area contributed by atoms with E-state index >= 15 is 0 Å². The number of nitrogens with one attached hydrogen (secondary N) is 1. The zero-order chi connectivity index (χ0) is 15.5. The smallest absolute Gasteiger partial charge is 0.310 e. The molecule has 1 saturated heterocycles. The molecule has 3 unspecified atom stereocenters. The topological polar surface area (TPSA) is 75.7 Å². The van der Waals surface area contributed by atoms with Crippen LogP contribution in [-0.4, -0.2) is 58.3 Å². The number of carbonyl (C=O) groups excluding carboxylic acids is 1. The van der Waals surface area contributed by atoms with Gasteiger partial charge in [-0.3, -0.25) is 4.79 Å². The second-order valence-electron chi connectivity index (χ2n) is 6.26. The molecule has 0 radical (unpaired) electrons. The summed E-state index contributed by atoms with van der Waals surface area (Å²) in [6.07, 6.45) is 4.07. The van der Waals surface area contributed by atoms with Gasteiger partial charge in [0.15, 0.2) is 0 Å². The fraction of sp³-hybridized carbons (Fsp3) is 0.929. The van der Waals surface area contributed by atoms with Crippen LogP contribution in [0.1, 0.15) is 32.1 Å². The quantitative estimate of drug-likeness (QED) is 0.751. The minimum absolute atomic E-state index is 0.358. The van der Waals surface area contributed by atoms with Crippen LogP contribution in [0.5, 0.6) is 0 Å². The summed E-state index contributed by atoms with van der Waals surface area (Å²) < 4.78 is 32.4. The van der Waals surface area contributed by atoms with Gasteiger partial charge in [0.2, 0.25) is 10.0 Å². The van der Waals surface area contributed by atoms with E-state index in [1.54, 1.807) is 0 Å². The van der Waals surface area contributed by atoms with E-state index in [-0.39, 0.29) is 0 Å². The number of nitrogens with zero attached hydrogens (tertiary/aromatic N) is 1. The molecular formula is C14H26N2O4S. The third-order valence-corrected chi connectivity index (χ3v) is 6.58. The number of carbonyl (C=O) groups is 1. The zero-order valence-corrected chi connectivity index (χ0v) is 13.7. The molecule has 1 saturated carbocycles. The lowest BCUT2D eigenvalue weighted by molar-refractivity contribution is -0.145. The molecule has 0 amide bonds. The van der Waals surface area contributed by atoms with Crippen molar-refractivity contribution in [3.8, 4) is 0 Å². The Bertz CT molecular complexity index is 466. The number of likely N-dealkylation sites (tertiary alicyclic amines) is 1. The highest BCUT2D eigenvalue weighted by molar-refractivity contribution is 7.90. The average molecular weight is 318 g/mol. The maximum Gasteiger partial charge on any atom is 0.310 e. The Morgan fingerprint density at radius 1 is 1.29 bits per heavy atom. The molecule has 6 nitrogen and oxygen atoms in total. The lowest BCUT2D eigenvalue weighted by Gasteiger charge is -2.30.